The predicted octanol–water partition coefficient (Wildman–Crippen LogP) is 5.74. The first-order valence-electron chi connectivity index (χ1n) is 14.1. The first-order valence-corrected chi connectivity index (χ1v) is 14.9. The fourth-order valence-electron chi connectivity index (χ4n) is 6.66. The number of aromatic nitrogens is 1. The van der Waals surface area contributed by atoms with Gasteiger partial charge in [-0.3, -0.25) is 4.79 Å². The molecule has 3 atom stereocenters. The number of anilines is 1. The van der Waals surface area contributed by atoms with Gasteiger partial charge in [0.15, 0.2) is 11.5 Å². The second kappa shape index (κ2) is 9.75. The summed E-state index contributed by atoms with van der Waals surface area (Å²) in [5, 5.41) is 10.1. The van der Waals surface area contributed by atoms with E-state index in [0.29, 0.717) is 34.7 Å². The summed E-state index contributed by atoms with van der Waals surface area (Å²) in [7, 11) is 0. The van der Waals surface area contributed by atoms with Crippen LogP contribution < -0.4 is 10.6 Å². The molecule has 2 aromatic carbocycles. The molecule has 2 aliphatic carbocycles. The van der Waals surface area contributed by atoms with Gasteiger partial charge < -0.3 is 20.5 Å². The number of Topliss-reactive ketones (excluding diaryl/α,β-unsaturated/α-hetero) is 1. The van der Waals surface area contributed by atoms with Crippen molar-refractivity contribution >= 4 is 44.8 Å². The summed E-state index contributed by atoms with van der Waals surface area (Å²) in [5.41, 5.74) is 11.5. The van der Waals surface area contributed by atoms with Crippen molar-refractivity contribution in [1.29, 1.82) is 0 Å². The molecule has 8 heteroatoms. The summed E-state index contributed by atoms with van der Waals surface area (Å²) in [5.74, 6) is -0.177. The fourth-order valence-corrected chi connectivity index (χ4v) is 7.46. The average molecular weight is 544 g/mol. The van der Waals surface area contributed by atoms with Gasteiger partial charge in [0.25, 0.3) is 0 Å². The Morgan fingerprint density at radius 3 is 2.46 bits per heavy atom. The molecule has 3 heterocycles. The number of hydrogen-bond acceptors (Lipinski definition) is 7. The molecule has 1 aromatic heterocycles. The molecule has 202 valence electrons. The number of hydrogen-bond donors (Lipinski definition) is 2. The number of nitrogens with zero attached hydrogens (tertiary/aromatic N) is 2. The molecule has 2 saturated carbocycles. The number of benzene rings is 2. The molecule has 4 aliphatic rings. The number of carboxylic acids is 1. The third kappa shape index (κ3) is 4.63. The van der Waals surface area contributed by atoms with Gasteiger partial charge in [0.05, 0.1) is 17.4 Å². The van der Waals surface area contributed by atoms with Crippen LogP contribution in [0.15, 0.2) is 48.0 Å². The van der Waals surface area contributed by atoms with Crippen LogP contribution in [0.1, 0.15) is 78.9 Å². The normalized spacial score (nSPS) is 25.1. The van der Waals surface area contributed by atoms with E-state index in [1.807, 2.05) is 18.2 Å². The number of nitrogens with two attached hydrogens (primary N) is 1. The molecule has 7 rings (SSSR count). The molecule has 0 spiro atoms. The van der Waals surface area contributed by atoms with Crippen molar-refractivity contribution in [2.24, 2.45) is 11.7 Å². The van der Waals surface area contributed by atoms with E-state index in [1.54, 1.807) is 0 Å². The van der Waals surface area contributed by atoms with Crippen LogP contribution >= 0.6 is 11.5 Å². The van der Waals surface area contributed by atoms with Crippen LogP contribution in [-0.4, -0.2) is 46.0 Å². The highest BCUT2D eigenvalue weighted by molar-refractivity contribution is 7.13. The van der Waals surface area contributed by atoms with Crippen LogP contribution in [0, 0.1) is 5.92 Å². The number of ketones is 1. The lowest BCUT2D eigenvalue weighted by molar-refractivity contribution is -0.117. The smallest absolute Gasteiger partial charge is 0.356 e. The van der Waals surface area contributed by atoms with Crippen molar-refractivity contribution in [2.75, 3.05) is 11.5 Å². The van der Waals surface area contributed by atoms with Gasteiger partial charge in [-0.1, -0.05) is 24.3 Å². The summed E-state index contributed by atoms with van der Waals surface area (Å²) in [4.78, 5) is 27.3. The van der Waals surface area contributed by atoms with Crippen molar-refractivity contribution in [3.05, 3.63) is 64.9 Å². The van der Waals surface area contributed by atoms with Gasteiger partial charge in [-0.25, -0.2) is 4.79 Å². The zero-order valence-electron chi connectivity index (χ0n) is 21.8. The van der Waals surface area contributed by atoms with Crippen molar-refractivity contribution in [3.63, 3.8) is 0 Å². The number of piperidine rings is 1. The maximum Gasteiger partial charge on any atom is 0.356 e. The lowest BCUT2D eigenvalue weighted by Crippen LogP contribution is -2.45. The summed E-state index contributed by atoms with van der Waals surface area (Å²) in [6.07, 6.45) is 8.36. The predicted molar refractivity (Wildman–Crippen MR) is 152 cm³/mol. The largest absolute Gasteiger partial charge is 0.476 e. The highest BCUT2D eigenvalue weighted by Crippen LogP contribution is 2.44. The molecule has 0 radical (unpaired) electrons. The summed E-state index contributed by atoms with van der Waals surface area (Å²) < 4.78 is 11.5. The quantitative estimate of drug-likeness (QED) is 0.332. The van der Waals surface area contributed by atoms with Gasteiger partial charge in [0.2, 0.25) is 0 Å². The van der Waals surface area contributed by atoms with Crippen molar-refractivity contribution in [1.82, 2.24) is 4.37 Å². The lowest BCUT2D eigenvalue weighted by Gasteiger charge is -2.40. The first kappa shape index (κ1) is 24.8. The molecule has 3 aromatic rings. The van der Waals surface area contributed by atoms with Gasteiger partial charge in [0, 0.05) is 45.9 Å². The average Bonchev–Trinajstić information content (AvgIpc) is 3.87. The number of fused-ring (bicyclic) bond motifs is 3. The van der Waals surface area contributed by atoms with E-state index in [1.165, 1.54) is 29.9 Å². The first-order chi connectivity index (χ1) is 19.0. The van der Waals surface area contributed by atoms with Crippen LogP contribution in [0.4, 0.5) is 5.69 Å². The standard InChI is InChI=1S/C31H33N3O4S/c32-28(24-4-2-1-3-23(24)17-5-6-17)26(30(35)18-7-8-18)16-38-22-13-19-9-10-20(14-22)34(19)21-11-12-25-27(15-21)39-33-29(25)31(36)37/h1-4,11-12,15,17-20,22H,5-10,13-14,16,32H2,(H,36,37)/t19-,20?,22?/m0/s1. The Hall–Kier alpha value is -3.23. The molecular weight excluding hydrogens is 510 g/mol. The van der Waals surface area contributed by atoms with E-state index in [0.717, 1.165) is 54.5 Å². The van der Waals surface area contributed by atoms with Crippen molar-refractivity contribution < 1.29 is 19.4 Å². The Kier molecular flexibility index (Phi) is 6.20. The van der Waals surface area contributed by atoms with Gasteiger partial charge >= 0.3 is 5.97 Å². The Balaban J connectivity index is 1.09. The van der Waals surface area contributed by atoms with Crippen LogP contribution in [0.2, 0.25) is 0 Å². The molecule has 7 nitrogen and oxygen atoms in total. The maximum atomic E-state index is 13.4. The SMILES string of the molecule is NC(=C(COC1CC2CC[C@@H](C1)N2c1ccc2c(C(=O)O)nsc2c1)C(=O)C1CC1)c1ccccc1C1CC1. The Bertz CT molecular complexity index is 1470. The Labute approximate surface area is 231 Å². The Morgan fingerprint density at radius 1 is 1.03 bits per heavy atom. The molecule has 2 unspecified atom stereocenters. The molecule has 4 fully saturated rings. The molecule has 2 saturated heterocycles. The number of carbonyl (C=O) groups excluding carboxylic acids is 1. The number of rotatable bonds is 9. The monoisotopic (exact) mass is 543 g/mol. The van der Waals surface area contributed by atoms with Crippen molar-refractivity contribution in [2.45, 2.75) is 75.5 Å². The molecule has 39 heavy (non-hydrogen) atoms. The summed E-state index contributed by atoms with van der Waals surface area (Å²) in [6.45, 7) is 0.273. The van der Waals surface area contributed by atoms with Crippen LogP contribution in [0.3, 0.4) is 0 Å². The number of ether oxygens (including phenoxy) is 1. The third-order valence-electron chi connectivity index (χ3n) is 8.95. The maximum absolute atomic E-state index is 13.4. The summed E-state index contributed by atoms with van der Waals surface area (Å²) in [6, 6.07) is 15.0. The second-order valence-corrected chi connectivity index (χ2v) is 12.4. The minimum atomic E-state index is -0.989. The number of aromatic carboxylic acids is 1. The second-order valence-electron chi connectivity index (χ2n) is 11.6. The summed E-state index contributed by atoms with van der Waals surface area (Å²) >= 11 is 1.24. The Morgan fingerprint density at radius 2 is 1.77 bits per heavy atom. The van der Waals surface area contributed by atoms with E-state index >= 15 is 0 Å². The van der Waals surface area contributed by atoms with Crippen LogP contribution in [0.5, 0.6) is 0 Å². The van der Waals surface area contributed by atoms with Gasteiger partial charge in [0.1, 0.15) is 0 Å². The van der Waals surface area contributed by atoms with E-state index < -0.39 is 5.97 Å². The molecule has 3 N–H and O–H groups in total. The van der Waals surface area contributed by atoms with E-state index in [-0.39, 0.29) is 30.1 Å². The van der Waals surface area contributed by atoms with Crippen molar-refractivity contribution in [3.8, 4) is 0 Å². The van der Waals surface area contributed by atoms with Crippen LogP contribution in [0.25, 0.3) is 15.8 Å². The molecule has 2 aliphatic heterocycles. The topological polar surface area (TPSA) is 106 Å². The zero-order chi connectivity index (χ0) is 26.7. The zero-order valence-corrected chi connectivity index (χ0v) is 22.7. The lowest BCUT2D eigenvalue weighted by atomic mass is 9.95. The minimum absolute atomic E-state index is 0.0815. The van der Waals surface area contributed by atoms with Gasteiger partial charge in [-0.2, -0.15) is 4.37 Å². The van der Waals surface area contributed by atoms with Gasteiger partial charge in [-0.15, -0.1) is 0 Å². The minimum Gasteiger partial charge on any atom is -0.476 e. The van der Waals surface area contributed by atoms with E-state index in [2.05, 4.69) is 33.5 Å². The molecule has 2 bridgehead atoms. The highest BCUT2D eigenvalue weighted by atomic mass is 32.1. The van der Waals surface area contributed by atoms with Gasteiger partial charge in [-0.05, 0) is 92.6 Å². The third-order valence-corrected chi connectivity index (χ3v) is 9.76. The highest BCUT2D eigenvalue weighted by Gasteiger charge is 2.42. The number of carbonyl (C=O) groups is 2. The van der Waals surface area contributed by atoms with E-state index in [4.69, 9.17) is 10.5 Å². The molecular formula is C31H33N3O4S. The fraction of sp³-hybridized carbons (Fsp3) is 0.452. The number of carboxylic acid groups (broad SMARTS) is 1. The van der Waals surface area contributed by atoms with E-state index in [9.17, 15) is 14.7 Å². The van der Waals surface area contributed by atoms with Crippen LogP contribution in [-0.2, 0) is 9.53 Å². The molecule has 0 amide bonds.